The van der Waals surface area contributed by atoms with Crippen molar-refractivity contribution in [2.75, 3.05) is 11.9 Å². The Hall–Kier alpha value is -2.81. The summed E-state index contributed by atoms with van der Waals surface area (Å²) in [5.41, 5.74) is 7.07. The van der Waals surface area contributed by atoms with Crippen molar-refractivity contribution in [3.63, 3.8) is 0 Å². The molecule has 5 N–H and O–H groups in total. The van der Waals surface area contributed by atoms with Gasteiger partial charge in [0, 0.05) is 11.3 Å². The first-order valence-electron chi connectivity index (χ1n) is 7.14. The molecule has 0 saturated carbocycles. The van der Waals surface area contributed by atoms with Gasteiger partial charge >= 0.3 is 0 Å². The quantitative estimate of drug-likeness (QED) is 0.587. The fourth-order valence-electron chi connectivity index (χ4n) is 1.78. The SMILES string of the molecule is CC(C)[C@H](N)C(=O)NCC(=O)Nc1ccc(-c2nn[nH]n2)cc1. The third-order valence-corrected chi connectivity index (χ3v) is 3.22. The van der Waals surface area contributed by atoms with Crippen molar-refractivity contribution in [3.8, 4) is 11.4 Å². The van der Waals surface area contributed by atoms with E-state index in [0.717, 1.165) is 5.56 Å². The molecule has 1 atom stereocenters. The monoisotopic (exact) mass is 317 g/mol. The maximum absolute atomic E-state index is 11.8. The average Bonchev–Trinajstić information content (AvgIpc) is 3.07. The Morgan fingerprint density at radius 2 is 1.96 bits per heavy atom. The number of nitrogens with zero attached hydrogens (tertiary/aromatic N) is 3. The molecular formula is C14H19N7O2. The molecule has 2 rings (SSSR count). The van der Waals surface area contributed by atoms with E-state index in [0.29, 0.717) is 11.5 Å². The highest BCUT2D eigenvalue weighted by molar-refractivity contribution is 5.95. The summed E-state index contributed by atoms with van der Waals surface area (Å²) in [6.45, 7) is 3.55. The highest BCUT2D eigenvalue weighted by atomic mass is 16.2. The van der Waals surface area contributed by atoms with Crippen LogP contribution in [0.3, 0.4) is 0 Å². The number of tetrazole rings is 1. The Morgan fingerprint density at radius 1 is 1.26 bits per heavy atom. The van der Waals surface area contributed by atoms with Crippen LogP contribution in [0.4, 0.5) is 5.69 Å². The van der Waals surface area contributed by atoms with Crippen molar-refractivity contribution in [1.82, 2.24) is 25.9 Å². The van der Waals surface area contributed by atoms with Gasteiger partial charge in [-0.2, -0.15) is 5.21 Å². The normalized spacial score (nSPS) is 12.0. The molecule has 0 bridgehead atoms. The van der Waals surface area contributed by atoms with Crippen molar-refractivity contribution in [1.29, 1.82) is 0 Å². The summed E-state index contributed by atoms with van der Waals surface area (Å²) in [5, 5.41) is 18.8. The molecule has 2 amide bonds. The lowest BCUT2D eigenvalue weighted by molar-refractivity contribution is -0.125. The predicted octanol–water partition coefficient (Wildman–Crippen LogP) is -0.0953. The number of aromatic nitrogens is 4. The van der Waals surface area contributed by atoms with Crippen molar-refractivity contribution < 1.29 is 9.59 Å². The number of anilines is 1. The number of hydrogen-bond acceptors (Lipinski definition) is 6. The molecule has 9 nitrogen and oxygen atoms in total. The molecule has 23 heavy (non-hydrogen) atoms. The fraction of sp³-hybridized carbons (Fsp3) is 0.357. The highest BCUT2D eigenvalue weighted by Gasteiger charge is 2.17. The first-order chi connectivity index (χ1) is 11.0. The molecule has 0 unspecified atom stereocenters. The van der Waals surface area contributed by atoms with E-state index in [9.17, 15) is 9.59 Å². The lowest BCUT2D eigenvalue weighted by Gasteiger charge is -2.15. The summed E-state index contributed by atoms with van der Waals surface area (Å²) < 4.78 is 0. The largest absolute Gasteiger partial charge is 0.346 e. The van der Waals surface area contributed by atoms with E-state index >= 15 is 0 Å². The van der Waals surface area contributed by atoms with Gasteiger partial charge in [-0.1, -0.05) is 13.8 Å². The van der Waals surface area contributed by atoms with Gasteiger partial charge in [-0.25, -0.2) is 0 Å². The van der Waals surface area contributed by atoms with Gasteiger partial charge in [0.1, 0.15) is 0 Å². The van der Waals surface area contributed by atoms with E-state index in [2.05, 4.69) is 31.3 Å². The highest BCUT2D eigenvalue weighted by Crippen LogP contribution is 2.16. The smallest absolute Gasteiger partial charge is 0.243 e. The van der Waals surface area contributed by atoms with Crippen LogP contribution in [-0.4, -0.2) is 45.0 Å². The van der Waals surface area contributed by atoms with Gasteiger partial charge in [-0.05, 0) is 35.4 Å². The summed E-state index contributed by atoms with van der Waals surface area (Å²) in [4.78, 5) is 23.5. The minimum absolute atomic E-state index is 0.00995. The van der Waals surface area contributed by atoms with Crippen molar-refractivity contribution in [2.45, 2.75) is 19.9 Å². The zero-order valence-corrected chi connectivity index (χ0v) is 12.9. The summed E-state index contributed by atoms with van der Waals surface area (Å²) >= 11 is 0. The average molecular weight is 317 g/mol. The van der Waals surface area contributed by atoms with E-state index in [1.54, 1.807) is 24.3 Å². The molecule has 0 aliphatic carbocycles. The van der Waals surface area contributed by atoms with Crippen LogP contribution < -0.4 is 16.4 Å². The van der Waals surface area contributed by atoms with Crippen LogP contribution in [-0.2, 0) is 9.59 Å². The molecular weight excluding hydrogens is 298 g/mol. The van der Waals surface area contributed by atoms with Gasteiger partial charge in [-0.3, -0.25) is 9.59 Å². The van der Waals surface area contributed by atoms with Crippen LogP contribution in [0, 0.1) is 5.92 Å². The Bertz CT molecular complexity index is 652. The number of carbonyl (C=O) groups excluding carboxylic acids is 2. The van der Waals surface area contributed by atoms with Crippen LogP contribution in [0.15, 0.2) is 24.3 Å². The zero-order valence-electron chi connectivity index (χ0n) is 12.9. The van der Waals surface area contributed by atoms with Crippen LogP contribution >= 0.6 is 0 Å². The third kappa shape index (κ3) is 4.58. The molecule has 0 saturated heterocycles. The summed E-state index contributed by atoms with van der Waals surface area (Å²) in [5.74, 6) is -0.196. The number of amides is 2. The van der Waals surface area contributed by atoms with E-state index in [-0.39, 0.29) is 24.3 Å². The molecule has 2 aromatic rings. The zero-order chi connectivity index (χ0) is 16.8. The van der Waals surface area contributed by atoms with Crippen LogP contribution in [0.5, 0.6) is 0 Å². The number of H-pyrrole nitrogens is 1. The van der Waals surface area contributed by atoms with Gasteiger partial charge < -0.3 is 16.4 Å². The number of nitrogens with two attached hydrogens (primary N) is 1. The molecule has 0 aliphatic rings. The number of benzene rings is 1. The molecule has 122 valence electrons. The maximum atomic E-state index is 11.8. The van der Waals surface area contributed by atoms with Gasteiger partial charge in [0.15, 0.2) is 0 Å². The molecule has 0 fully saturated rings. The second kappa shape index (κ2) is 7.45. The molecule has 0 spiro atoms. The number of carbonyl (C=O) groups is 2. The molecule has 0 radical (unpaired) electrons. The summed E-state index contributed by atoms with van der Waals surface area (Å²) in [6, 6.07) is 6.31. The van der Waals surface area contributed by atoms with Gasteiger partial charge in [0.2, 0.25) is 17.6 Å². The topological polar surface area (TPSA) is 139 Å². The molecule has 9 heteroatoms. The Balaban J connectivity index is 1.85. The van der Waals surface area contributed by atoms with Gasteiger partial charge in [0.05, 0.1) is 12.6 Å². The Morgan fingerprint density at radius 3 is 2.52 bits per heavy atom. The fourth-order valence-corrected chi connectivity index (χ4v) is 1.78. The number of hydrogen-bond donors (Lipinski definition) is 4. The molecule has 0 aliphatic heterocycles. The first kappa shape index (κ1) is 16.6. The molecule has 1 aromatic heterocycles. The van der Waals surface area contributed by atoms with E-state index < -0.39 is 6.04 Å². The molecule has 1 heterocycles. The van der Waals surface area contributed by atoms with E-state index in [1.165, 1.54) is 0 Å². The lowest BCUT2D eigenvalue weighted by atomic mass is 10.1. The lowest BCUT2D eigenvalue weighted by Crippen LogP contribution is -2.46. The van der Waals surface area contributed by atoms with Crippen molar-refractivity contribution in [3.05, 3.63) is 24.3 Å². The van der Waals surface area contributed by atoms with Crippen LogP contribution in [0.1, 0.15) is 13.8 Å². The van der Waals surface area contributed by atoms with Crippen molar-refractivity contribution >= 4 is 17.5 Å². The first-order valence-corrected chi connectivity index (χ1v) is 7.14. The third-order valence-electron chi connectivity index (χ3n) is 3.22. The van der Waals surface area contributed by atoms with Crippen molar-refractivity contribution in [2.24, 2.45) is 11.7 Å². The van der Waals surface area contributed by atoms with Gasteiger partial charge in [0.25, 0.3) is 0 Å². The van der Waals surface area contributed by atoms with E-state index in [4.69, 9.17) is 5.73 Å². The number of aromatic amines is 1. The number of rotatable bonds is 6. The molecule has 1 aromatic carbocycles. The van der Waals surface area contributed by atoms with Crippen LogP contribution in [0.2, 0.25) is 0 Å². The summed E-state index contributed by atoms with van der Waals surface area (Å²) in [7, 11) is 0. The predicted molar refractivity (Wildman–Crippen MR) is 84.1 cm³/mol. The van der Waals surface area contributed by atoms with Gasteiger partial charge in [-0.15, -0.1) is 10.2 Å². The van der Waals surface area contributed by atoms with E-state index in [1.807, 2.05) is 13.8 Å². The minimum Gasteiger partial charge on any atom is -0.346 e. The van der Waals surface area contributed by atoms with Crippen LogP contribution in [0.25, 0.3) is 11.4 Å². The minimum atomic E-state index is -0.628. The number of nitrogens with one attached hydrogen (secondary N) is 3. The maximum Gasteiger partial charge on any atom is 0.243 e. The Labute approximate surface area is 133 Å². The standard InChI is InChI=1S/C14H19N7O2/c1-8(2)12(15)14(23)16-7-11(22)17-10-5-3-9(4-6-10)13-18-20-21-19-13/h3-6,8,12H,7,15H2,1-2H3,(H,16,23)(H,17,22)(H,18,19,20,21)/t12-/m0/s1. The second-order valence-corrected chi connectivity index (χ2v) is 5.35. The second-order valence-electron chi connectivity index (χ2n) is 5.35. The Kier molecular flexibility index (Phi) is 5.36. The summed E-state index contributed by atoms with van der Waals surface area (Å²) in [6.07, 6.45) is 0.